The number of rotatable bonds is 6. The molecule has 1 aromatic rings. The van der Waals surface area contributed by atoms with Crippen molar-refractivity contribution in [3.8, 4) is 5.75 Å². The normalized spacial score (nSPS) is 16.9. The maximum absolute atomic E-state index is 11.7. The quantitative estimate of drug-likeness (QED) is 0.639. The minimum atomic E-state index is -0.112. The molecule has 0 aromatic heterocycles. The average molecular weight is 277 g/mol. The van der Waals surface area contributed by atoms with Crippen LogP contribution in [-0.2, 0) is 9.53 Å². The molecule has 0 radical (unpaired) electrons. The molecule has 2 rings (SSSR count). The van der Waals surface area contributed by atoms with Gasteiger partial charge in [0.1, 0.15) is 18.5 Å². The number of amides is 1. The number of benzene rings is 1. The maximum atomic E-state index is 11.7. The number of anilines is 1. The lowest BCUT2D eigenvalue weighted by Gasteiger charge is -2.12. The predicted octanol–water partition coefficient (Wildman–Crippen LogP) is 2.26. The van der Waals surface area contributed by atoms with Crippen molar-refractivity contribution in [2.45, 2.75) is 26.9 Å². The summed E-state index contributed by atoms with van der Waals surface area (Å²) < 4.78 is 10.6. The van der Waals surface area contributed by atoms with Gasteiger partial charge in [0, 0.05) is 11.6 Å². The largest absolute Gasteiger partial charge is 0.490 e. The van der Waals surface area contributed by atoms with E-state index in [1.807, 2.05) is 13.8 Å². The van der Waals surface area contributed by atoms with Crippen molar-refractivity contribution in [3.63, 3.8) is 0 Å². The molecule has 0 saturated carbocycles. The second kappa shape index (κ2) is 6.05. The Morgan fingerprint density at radius 1 is 1.45 bits per heavy atom. The summed E-state index contributed by atoms with van der Waals surface area (Å²) in [5.41, 5.74) is 1.07. The first-order chi connectivity index (χ1) is 9.47. The number of hydrogen-bond donors (Lipinski definition) is 1. The Hall–Kier alpha value is -1.88. The zero-order chi connectivity index (χ0) is 14.7. The SMILES string of the molecule is CC(=O)c1cc(NC(=O)C(C)C)ccc1OCC1CO1. The third-order valence-corrected chi connectivity index (χ3v) is 2.98. The Balaban J connectivity index is 2.13. The molecule has 5 heteroatoms. The third-order valence-electron chi connectivity index (χ3n) is 2.98. The highest BCUT2D eigenvalue weighted by Crippen LogP contribution is 2.25. The molecule has 0 spiro atoms. The van der Waals surface area contributed by atoms with Gasteiger partial charge in [0.25, 0.3) is 0 Å². The third kappa shape index (κ3) is 3.81. The summed E-state index contributed by atoms with van der Waals surface area (Å²) in [6, 6.07) is 5.08. The molecule has 1 aliphatic rings. The predicted molar refractivity (Wildman–Crippen MR) is 75.1 cm³/mol. The number of epoxide rings is 1. The molecular weight excluding hydrogens is 258 g/mol. The van der Waals surface area contributed by atoms with Crippen LogP contribution in [0.5, 0.6) is 5.75 Å². The number of carbonyl (C=O) groups excluding carboxylic acids is 2. The number of nitrogens with one attached hydrogen (secondary N) is 1. The highest BCUT2D eigenvalue weighted by Gasteiger charge is 2.24. The molecule has 1 heterocycles. The van der Waals surface area contributed by atoms with Crippen LogP contribution in [0, 0.1) is 5.92 Å². The topological polar surface area (TPSA) is 67.9 Å². The van der Waals surface area contributed by atoms with Gasteiger partial charge in [0.05, 0.1) is 12.2 Å². The van der Waals surface area contributed by atoms with Crippen LogP contribution in [0.15, 0.2) is 18.2 Å². The molecule has 20 heavy (non-hydrogen) atoms. The van der Waals surface area contributed by atoms with E-state index in [-0.39, 0.29) is 23.7 Å². The first kappa shape index (κ1) is 14.5. The van der Waals surface area contributed by atoms with E-state index in [9.17, 15) is 9.59 Å². The summed E-state index contributed by atoms with van der Waals surface area (Å²) in [4.78, 5) is 23.3. The Kier molecular flexibility index (Phi) is 4.39. The fourth-order valence-electron chi connectivity index (χ4n) is 1.64. The van der Waals surface area contributed by atoms with E-state index in [0.29, 0.717) is 30.2 Å². The fourth-order valence-corrected chi connectivity index (χ4v) is 1.64. The van der Waals surface area contributed by atoms with Gasteiger partial charge in [-0.3, -0.25) is 9.59 Å². The van der Waals surface area contributed by atoms with Gasteiger partial charge in [-0.05, 0) is 25.1 Å². The highest BCUT2D eigenvalue weighted by atomic mass is 16.6. The van der Waals surface area contributed by atoms with Gasteiger partial charge in [0.15, 0.2) is 5.78 Å². The zero-order valence-corrected chi connectivity index (χ0v) is 11.9. The standard InChI is InChI=1S/C15H19NO4/c1-9(2)15(18)16-11-4-5-14(13(6-11)10(3)17)20-8-12-7-19-12/h4-6,9,12H,7-8H2,1-3H3,(H,16,18). The molecule has 108 valence electrons. The van der Waals surface area contributed by atoms with Crippen LogP contribution in [0.3, 0.4) is 0 Å². The summed E-state index contributed by atoms with van der Waals surface area (Å²) >= 11 is 0. The molecule has 1 unspecified atom stereocenters. The molecule has 0 bridgehead atoms. The smallest absolute Gasteiger partial charge is 0.226 e. The molecule has 1 aliphatic heterocycles. The minimum absolute atomic E-state index is 0.0837. The van der Waals surface area contributed by atoms with Crippen molar-refractivity contribution >= 4 is 17.4 Å². The minimum Gasteiger partial charge on any atom is -0.490 e. The fraction of sp³-hybridized carbons (Fsp3) is 0.467. The summed E-state index contributed by atoms with van der Waals surface area (Å²) in [5.74, 6) is 0.228. The van der Waals surface area contributed by atoms with Crippen LogP contribution in [0.2, 0.25) is 0 Å². The number of Topliss-reactive ketones (excluding diaryl/α,β-unsaturated/α-hetero) is 1. The van der Waals surface area contributed by atoms with Crippen LogP contribution >= 0.6 is 0 Å². The van der Waals surface area contributed by atoms with Crippen LogP contribution < -0.4 is 10.1 Å². The second-order valence-corrected chi connectivity index (χ2v) is 5.18. The van der Waals surface area contributed by atoms with E-state index in [1.54, 1.807) is 18.2 Å². The van der Waals surface area contributed by atoms with Crippen LogP contribution in [-0.4, -0.2) is 31.0 Å². The van der Waals surface area contributed by atoms with Gasteiger partial charge in [-0.15, -0.1) is 0 Å². The average Bonchev–Trinajstić information content (AvgIpc) is 3.20. The monoisotopic (exact) mass is 277 g/mol. The van der Waals surface area contributed by atoms with Gasteiger partial charge in [0.2, 0.25) is 5.91 Å². The summed E-state index contributed by atoms with van der Waals surface area (Å²) in [5, 5.41) is 2.77. The molecule has 1 fully saturated rings. The number of ether oxygens (including phenoxy) is 2. The molecule has 1 aromatic carbocycles. The van der Waals surface area contributed by atoms with Crippen molar-refractivity contribution < 1.29 is 19.1 Å². The van der Waals surface area contributed by atoms with Crippen molar-refractivity contribution in [1.82, 2.24) is 0 Å². The Morgan fingerprint density at radius 2 is 2.15 bits per heavy atom. The number of ketones is 1. The summed E-state index contributed by atoms with van der Waals surface area (Å²) in [7, 11) is 0. The van der Waals surface area contributed by atoms with Gasteiger partial charge in [-0.25, -0.2) is 0 Å². The zero-order valence-electron chi connectivity index (χ0n) is 11.9. The molecule has 1 N–H and O–H groups in total. The van der Waals surface area contributed by atoms with E-state index in [2.05, 4.69) is 5.32 Å². The van der Waals surface area contributed by atoms with E-state index < -0.39 is 0 Å². The lowest BCUT2D eigenvalue weighted by atomic mass is 10.1. The molecular formula is C15H19NO4. The van der Waals surface area contributed by atoms with Gasteiger partial charge < -0.3 is 14.8 Å². The van der Waals surface area contributed by atoms with E-state index in [1.165, 1.54) is 6.92 Å². The van der Waals surface area contributed by atoms with Crippen LogP contribution in [0.25, 0.3) is 0 Å². The molecule has 1 atom stereocenters. The van der Waals surface area contributed by atoms with Gasteiger partial charge in [-0.2, -0.15) is 0 Å². The van der Waals surface area contributed by atoms with Crippen molar-refractivity contribution in [3.05, 3.63) is 23.8 Å². The maximum Gasteiger partial charge on any atom is 0.226 e. The van der Waals surface area contributed by atoms with Crippen LogP contribution in [0.4, 0.5) is 5.69 Å². The van der Waals surface area contributed by atoms with Crippen LogP contribution in [0.1, 0.15) is 31.1 Å². The lowest BCUT2D eigenvalue weighted by Crippen LogP contribution is -2.18. The summed E-state index contributed by atoms with van der Waals surface area (Å²) in [6.07, 6.45) is 0.134. The Morgan fingerprint density at radius 3 is 2.70 bits per heavy atom. The van der Waals surface area contributed by atoms with Gasteiger partial charge >= 0.3 is 0 Å². The Bertz CT molecular complexity index is 521. The molecule has 1 amide bonds. The first-order valence-corrected chi connectivity index (χ1v) is 6.67. The second-order valence-electron chi connectivity index (χ2n) is 5.18. The first-order valence-electron chi connectivity index (χ1n) is 6.67. The summed E-state index contributed by atoms with van der Waals surface area (Å²) in [6.45, 7) is 6.25. The van der Waals surface area contributed by atoms with E-state index in [4.69, 9.17) is 9.47 Å². The van der Waals surface area contributed by atoms with E-state index >= 15 is 0 Å². The van der Waals surface area contributed by atoms with E-state index in [0.717, 1.165) is 0 Å². The van der Waals surface area contributed by atoms with Crippen molar-refractivity contribution in [1.29, 1.82) is 0 Å². The number of carbonyl (C=O) groups is 2. The lowest BCUT2D eigenvalue weighted by molar-refractivity contribution is -0.118. The van der Waals surface area contributed by atoms with Crippen molar-refractivity contribution in [2.24, 2.45) is 5.92 Å². The highest BCUT2D eigenvalue weighted by molar-refractivity contribution is 5.99. The van der Waals surface area contributed by atoms with Gasteiger partial charge in [-0.1, -0.05) is 13.8 Å². The molecule has 0 aliphatic carbocycles. The Labute approximate surface area is 118 Å². The molecule has 1 saturated heterocycles. The molecule has 5 nitrogen and oxygen atoms in total. The number of hydrogen-bond acceptors (Lipinski definition) is 4. The van der Waals surface area contributed by atoms with Crippen molar-refractivity contribution in [2.75, 3.05) is 18.5 Å².